The molecule has 90 valence electrons. The molecule has 1 nitrogen and oxygen atoms in total. The van der Waals surface area contributed by atoms with Crippen LogP contribution in [-0.4, -0.2) is 11.9 Å². The Hall–Kier alpha value is -0.500. The Morgan fingerprint density at radius 1 is 1.06 bits per heavy atom. The van der Waals surface area contributed by atoms with E-state index in [4.69, 9.17) is 4.74 Å². The maximum atomic E-state index is 5.67. The minimum absolute atomic E-state index is 0.591. The van der Waals surface area contributed by atoms with Crippen molar-refractivity contribution in [3.8, 4) is 5.75 Å². The van der Waals surface area contributed by atoms with Gasteiger partial charge in [-0.25, -0.2) is 0 Å². The molecule has 0 unspecified atom stereocenters. The highest BCUT2D eigenvalue weighted by Crippen LogP contribution is 2.18. The van der Waals surface area contributed by atoms with Gasteiger partial charge in [-0.15, -0.1) is 0 Å². The third kappa shape index (κ3) is 5.02. The fourth-order valence-electron chi connectivity index (χ4n) is 1.51. The molecule has 0 bridgehead atoms. The summed E-state index contributed by atoms with van der Waals surface area (Å²) >= 11 is 3.43. The van der Waals surface area contributed by atoms with Gasteiger partial charge in [-0.05, 0) is 42.9 Å². The Labute approximate surface area is 107 Å². The molecule has 0 fully saturated rings. The van der Waals surface area contributed by atoms with Crippen LogP contribution >= 0.6 is 15.9 Å². The Balaban J connectivity index is 2.27. The van der Waals surface area contributed by atoms with Gasteiger partial charge in [-0.2, -0.15) is 0 Å². The van der Waals surface area contributed by atoms with E-state index in [1.165, 1.54) is 18.4 Å². The molecule has 0 atom stereocenters. The van der Waals surface area contributed by atoms with Crippen LogP contribution in [0.5, 0.6) is 5.75 Å². The quantitative estimate of drug-likeness (QED) is 0.518. The van der Waals surface area contributed by atoms with Gasteiger partial charge in [0.1, 0.15) is 5.75 Å². The van der Waals surface area contributed by atoms with E-state index in [-0.39, 0.29) is 0 Å². The van der Waals surface area contributed by atoms with Crippen LogP contribution in [0.3, 0.4) is 0 Å². The molecule has 0 heterocycles. The van der Waals surface area contributed by atoms with E-state index in [1.807, 2.05) is 0 Å². The molecule has 0 amide bonds. The van der Waals surface area contributed by atoms with Crippen molar-refractivity contribution in [3.05, 3.63) is 29.8 Å². The van der Waals surface area contributed by atoms with Gasteiger partial charge in [-0.3, -0.25) is 0 Å². The molecule has 1 aromatic rings. The monoisotopic (exact) mass is 284 g/mol. The molecule has 0 aliphatic heterocycles. The number of ether oxygens (including phenoxy) is 1. The van der Waals surface area contributed by atoms with Crippen LogP contribution in [0.1, 0.15) is 44.6 Å². The van der Waals surface area contributed by atoms with Crippen LogP contribution in [0.4, 0.5) is 0 Å². The summed E-state index contributed by atoms with van der Waals surface area (Å²) in [6.07, 6.45) is 3.60. The Bertz CT molecular complexity index is 279. The first-order chi connectivity index (χ1) is 7.74. The first-order valence-corrected chi connectivity index (χ1v) is 7.15. The van der Waals surface area contributed by atoms with Crippen LogP contribution in [0, 0.1) is 0 Å². The molecule has 0 N–H and O–H groups in total. The van der Waals surface area contributed by atoms with E-state index < -0.39 is 0 Å². The molecule has 0 aliphatic rings. The number of rotatable bonds is 7. The summed E-state index contributed by atoms with van der Waals surface area (Å²) in [4.78, 5) is 0. The zero-order valence-electron chi connectivity index (χ0n) is 10.2. The Morgan fingerprint density at radius 2 is 1.75 bits per heavy atom. The van der Waals surface area contributed by atoms with Crippen LogP contribution < -0.4 is 4.74 Å². The molecule has 0 aliphatic carbocycles. The second-order valence-electron chi connectivity index (χ2n) is 4.32. The summed E-state index contributed by atoms with van der Waals surface area (Å²) < 4.78 is 5.67. The first-order valence-electron chi connectivity index (χ1n) is 6.02. The summed E-state index contributed by atoms with van der Waals surface area (Å²) in [5.41, 5.74) is 1.37. The molecule has 0 saturated carbocycles. The van der Waals surface area contributed by atoms with Gasteiger partial charge in [-0.1, -0.05) is 41.9 Å². The average molecular weight is 285 g/mol. The molecule has 1 aromatic carbocycles. The third-order valence-corrected chi connectivity index (χ3v) is 3.15. The molecular formula is C14H21BrO. The lowest BCUT2D eigenvalue weighted by Gasteiger charge is -2.08. The second kappa shape index (κ2) is 7.72. The van der Waals surface area contributed by atoms with Crippen LogP contribution in [0.15, 0.2) is 24.3 Å². The van der Waals surface area contributed by atoms with Gasteiger partial charge in [0.05, 0.1) is 6.61 Å². The normalized spacial score (nSPS) is 10.8. The lowest BCUT2D eigenvalue weighted by molar-refractivity contribution is 0.306. The van der Waals surface area contributed by atoms with Crippen molar-refractivity contribution in [3.63, 3.8) is 0 Å². The molecule has 2 heteroatoms. The topological polar surface area (TPSA) is 9.23 Å². The first kappa shape index (κ1) is 13.6. The molecule has 0 radical (unpaired) electrons. The van der Waals surface area contributed by atoms with Crippen molar-refractivity contribution in [2.24, 2.45) is 0 Å². The lowest BCUT2D eigenvalue weighted by atomic mass is 10.0. The summed E-state index contributed by atoms with van der Waals surface area (Å²) in [5, 5.41) is 1.09. The van der Waals surface area contributed by atoms with E-state index in [1.54, 1.807) is 0 Å². The van der Waals surface area contributed by atoms with Gasteiger partial charge >= 0.3 is 0 Å². The van der Waals surface area contributed by atoms with Crippen molar-refractivity contribution in [2.45, 2.75) is 39.0 Å². The minimum atomic E-state index is 0.591. The minimum Gasteiger partial charge on any atom is -0.494 e. The molecule has 0 saturated heterocycles. The molecular weight excluding hydrogens is 264 g/mol. The average Bonchev–Trinajstić information content (AvgIpc) is 2.29. The van der Waals surface area contributed by atoms with Crippen molar-refractivity contribution in [1.29, 1.82) is 0 Å². The molecule has 0 spiro atoms. The highest BCUT2D eigenvalue weighted by atomic mass is 79.9. The van der Waals surface area contributed by atoms with E-state index in [0.29, 0.717) is 5.92 Å². The number of hydrogen-bond acceptors (Lipinski definition) is 1. The zero-order valence-corrected chi connectivity index (χ0v) is 11.8. The summed E-state index contributed by atoms with van der Waals surface area (Å²) in [6.45, 7) is 5.24. The SMILES string of the molecule is CC(C)c1ccc(OCCCCCBr)cc1. The van der Waals surface area contributed by atoms with E-state index in [2.05, 4.69) is 54.0 Å². The smallest absolute Gasteiger partial charge is 0.119 e. The van der Waals surface area contributed by atoms with Crippen LogP contribution in [-0.2, 0) is 0 Å². The predicted molar refractivity (Wildman–Crippen MR) is 73.7 cm³/mol. The fraction of sp³-hybridized carbons (Fsp3) is 0.571. The highest BCUT2D eigenvalue weighted by Gasteiger charge is 1.99. The Morgan fingerprint density at radius 3 is 2.31 bits per heavy atom. The largest absolute Gasteiger partial charge is 0.494 e. The highest BCUT2D eigenvalue weighted by molar-refractivity contribution is 9.09. The second-order valence-corrected chi connectivity index (χ2v) is 5.11. The molecule has 1 rings (SSSR count). The Kier molecular flexibility index (Phi) is 6.55. The lowest BCUT2D eigenvalue weighted by Crippen LogP contribution is -1.97. The zero-order chi connectivity index (χ0) is 11.8. The van der Waals surface area contributed by atoms with Gasteiger partial charge in [0, 0.05) is 5.33 Å². The van der Waals surface area contributed by atoms with Crippen molar-refractivity contribution < 1.29 is 4.74 Å². The van der Waals surface area contributed by atoms with Crippen molar-refractivity contribution in [1.82, 2.24) is 0 Å². The van der Waals surface area contributed by atoms with Crippen LogP contribution in [0.2, 0.25) is 0 Å². The third-order valence-electron chi connectivity index (χ3n) is 2.59. The number of unbranched alkanes of at least 4 members (excludes halogenated alkanes) is 2. The van der Waals surface area contributed by atoms with E-state index in [9.17, 15) is 0 Å². The van der Waals surface area contributed by atoms with Gasteiger partial charge in [0.2, 0.25) is 0 Å². The molecule has 16 heavy (non-hydrogen) atoms. The van der Waals surface area contributed by atoms with Gasteiger partial charge < -0.3 is 4.74 Å². The van der Waals surface area contributed by atoms with Gasteiger partial charge in [0.25, 0.3) is 0 Å². The number of benzene rings is 1. The summed E-state index contributed by atoms with van der Waals surface area (Å²) in [7, 11) is 0. The molecule has 0 aromatic heterocycles. The maximum absolute atomic E-state index is 5.67. The summed E-state index contributed by atoms with van der Waals surface area (Å²) in [6, 6.07) is 8.44. The number of halogens is 1. The van der Waals surface area contributed by atoms with E-state index >= 15 is 0 Å². The van der Waals surface area contributed by atoms with E-state index in [0.717, 1.165) is 24.1 Å². The predicted octanol–water partition coefficient (Wildman–Crippen LogP) is 4.75. The number of alkyl halides is 1. The fourth-order valence-corrected chi connectivity index (χ4v) is 1.91. The van der Waals surface area contributed by atoms with Crippen molar-refractivity contribution >= 4 is 15.9 Å². The van der Waals surface area contributed by atoms with Crippen molar-refractivity contribution in [2.75, 3.05) is 11.9 Å². The standard InChI is InChI=1S/C14H21BrO/c1-12(2)13-6-8-14(9-7-13)16-11-5-3-4-10-15/h6-9,12H,3-5,10-11H2,1-2H3. The van der Waals surface area contributed by atoms with Gasteiger partial charge in [0.15, 0.2) is 0 Å². The van der Waals surface area contributed by atoms with Crippen LogP contribution in [0.25, 0.3) is 0 Å². The maximum Gasteiger partial charge on any atom is 0.119 e. The summed E-state index contributed by atoms with van der Waals surface area (Å²) in [5.74, 6) is 1.58. The number of hydrogen-bond donors (Lipinski definition) is 0.